The van der Waals surface area contributed by atoms with Crippen LogP contribution in [0.4, 0.5) is 10.9 Å². The highest BCUT2D eigenvalue weighted by Gasteiger charge is 2.27. The van der Waals surface area contributed by atoms with Gasteiger partial charge in [-0.05, 0) is 38.3 Å². The van der Waals surface area contributed by atoms with Crippen LogP contribution in [0, 0.1) is 6.92 Å². The molecule has 30 heavy (non-hydrogen) atoms. The molecule has 2 aliphatic rings. The molecule has 6 nitrogen and oxygen atoms in total. The number of carbonyl (C=O) groups is 1. The molecule has 4 heterocycles. The lowest BCUT2D eigenvalue weighted by Crippen LogP contribution is -2.36. The molecule has 2 saturated heterocycles. The lowest BCUT2D eigenvalue weighted by atomic mass is 10.1. The van der Waals surface area contributed by atoms with E-state index in [0.717, 1.165) is 85.1 Å². The van der Waals surface area contributed by atoms with E-state index in [2.05, 4.69) is 20.2 Å². The summed E-state index contributed by atoms with van der Waals surface area (Å²) in [5, 5.41) is 4.18. The first-order valence-electron chi connectivity index (χ1n) is 10.8. The van der Waals surface area contributed by atoms with Gasteiger partial charge in [0.25, 0.3) is 5.91 Å². The molecule has 5 rings (SSSR count). The van der Waals surface area contributed by atoms with E-state index in [1.54, 1.807) is 11.3 Å². The van der Waals surface area contributed by atoms with E-state index in [1.165, 1.54) is 0 Å². The topological polar surface area (TPSA) is 52.6 Å². The average Bonchev–Trinajstić information content (AvgIpc) is 3.39. The zero-order chi connectivity index (χ0) is 20.5. The van der Waals surface area contributed by atoms with Gasteiger partial charge in [-0.3, -0.25) is 4.79 Å². The Morgan fingerprint density at radius 2 is 1.73 bits per heavy atom. The minimum absolute atomic E-state index is 0.104. The van der Waals surface area contributed by atoms with Crippen molar-refractivity contribution >= 4 is 39.1 Å². The van der Waals surface area contributed by atoms with Gasteiger partial charge >= 0.3 is 0 Å². The molecule has 1 amide bonds. The minimum atomic E-state index is 0.104. The summed E-state index contributed by atoms with van der Waals surface area (Å²) in [5.41, 5.74) is 2.76. The van der Waals surface area contributed by atoms with Gasteiger partial charge in [0.05, 0.1) is 16.8 Å². The number of aromatic nitrogens is 2. The number of hydrogen-bond acceptors (Lipinski definition) is 6. The van der Waals surface area contributed by atoms with Crippen LogP contribution in [0.25, 0.3) is 10.9 Å². The maximum Gasteiger partial charge on any atom is 0.257 e. The normalized spacial score (nSPS) is 17.6. The van der Waals surface area contributed by atoms with Gasteiger partial charge in [0.2, 0.25) is 0 Å². The molecular weight excluding hydrogens is 394 g/mol. The number of hydrogen-bond donors (Lipinski definition) is 0. The van der Waals surface area contributed by atoms with Gasteiger partial charge in [0.1, 0.15) is 5.82 Å². The zero-order valence-electron chi connectivity index (χ0n) is 17.4. The zero-order valence-corrected chi connectivity index (χ0v) is 18.2. The highest BCUT2D eigenvalue weighted by molar-refractivity contribution is 7.13. The number of thiazole rings is 1. The molecule has 0 aliphatic carbocycles. The van der Waals surface area contributed by atoms with Crippen molar-refractivity contribution in [1.29, 1.82) is 0 Å². The SMILES string of the molecule is Cc1csc(N2CCCN(C(=O)c3cc4ccccc4nc3N3CCCC3)CC2)n1. The van der Waals surface area contributed by atoms with Gasteiger partial charge in [-0.1, -0.05) is 18.2 Å². The van der Waals surface area contributed by atoms with Gasteiger partial charge in [0, 0.05) is 50.0 Å². The average molecular weight is 422 g/mol. The number of pyridine rings is 1. The van der Waals surface area contributed by atoms with E-state index >= 15 is 0 Å². The van der Waals surface area contributed by atoms with Crippen LogP contribution in [0.2, 0.25) is 0 Å². The van der Waals surface area contributed by atoms with Crippen molar-refractivity contribution in [2.24, 2.45) is 0 Å². The maximum atomic E-state index is 13.6. The molecule has 3 aromatic rings. The van der Waals surface area contributed by atoms with Crippen molar-refractivity contribution in [1.82, 2.24) is 14.9 Å². The third kappa shape index (κ3) is 3.74. The Balaban J connectivity index is 1.43. The molecule has 2 aromatic heterocycles. The molecule has 0 unspecified atom stereocenters. The van der Waals surface area contributed by atoms with Crippen LogP contribution in [0.5, 0.6) is 0 Å². The van der Waals surface area contributed by atoms with Crippen molar-refractivity contribution in [3.63, 3.8) is 0 Å². The summed E-state index contributed by atoms with van der Waals surface area (Å²) in [6.07, 6.45) is 3.27. The highest BCUT2D eigenvalue weighted by Crippen LogP contribution is 2.28. The van der Waals surface area contributed by atoms with E-state index in [-0.39, 0.29) is 5.91 Å². The molecule has 0 radical (unpaired) electrons. The number of rotatable bonds is 3. The van der Waals surface area contributed by atoms with Crippen LogP contribution < -0.4 is 9.80 Å². The Hall–Kier alpha value is -2.67. The standard InChI is InChI=1S/C23H27N5OS/c1-17-16-30-23(24-17)28-12-6-11-27(13-14-28)22(29)19-15-18-7-2-3-8-20(18)25-21(19)26-9-4-5-10-26/h2-3,7-8,15-16H,4-6,9-14H2,1H3. The molecule has 0 bridgehead atoms. The lowest BCUT2D eigenvalue weighted by molar-refractivity contribution is 0.0767. The first-order chi connectivity index (χ1) is 14.7. The number of benzene rings is 1. The summed E-state index contributed by atoms with van der Waals surface area (Å²) < 4.78 is 0. The van der Waals surface area contributed by atoms with Gasteiger partial charge in [-0.15, -0.1) is 11.3 Å². The monoisotopic (exact) mass is 421 g/mol. The van der Waals surface area contributed by atoms with Crippen LogP contribution in [0.3, 0.4) is 0 Å². The minimum Gasteiger partial charge on any atom is -0.356 e. The van der Waals surface area contributed by atoms with Gasteiger partial charge in [-0.2, -0.15) is 0 Å². The first kappa shape index (κ1) is 19.3. The Morgan fingerprint density at radius 1 is 0.933 bits per heavy atom. The van der Waals surface area contributed by atoms with Crippen LogP contribution >= 0.6 is 11.3 Å². The Morgan fingerprint density at radius 3 is 2.53 bits per heavy atom. The summed E-state index contributed by atoms with van der Waals surface area (Å²) in [5.74, 6) is 0.958. The van der Waals surface area contributed by atoms with E-state index < -0.39 is 0 Å². The van der Waals surface area contributed by atoms with E-state index in [9.17, 15) is 4.79 Å². The fraction of sp³-hybridized carbons (Fsp3) is 0.435. The second-order valence-corrected chi connectivity index (χ2v) is 8.99. The fourth-order valence-corrected chi connectivity index (χ4v) is 5.26. The first-order valence-corrected chi connectivity index (χ1v) is 11.7. The molecular formula is C23H27N5OS. The maximum absolute atomic E-state index is 13.6. The van der Waals surface area contributed by atoms with Gasteiger partial charge in [-0.25, -0.2) is 9.97 Å². The molecule has 0 atom stereocenters. The van der Waals surface area contributed by atoms with Crippen molar-refractivity contribution in [2.75, 3.05) is 49.1 Å². The summed E-state index contributed by atoms with van der Waals surface area (Å²) in [4.78, 5) is 29.8. The van der Waals surface area contributed by atoms with E-state index in [0.29, 0.717) is 6.54 Å². The molecule has 1 aromatic carbocycles. The molecule has 0 saturated carbocycles. The number of amides is 1. The second-order valence-electron chi connectivity index (χ2n) is 8.15. The quantitative estimate of drug-likeness (QED) is 0.641. The number of aryl methyl sites for hydroxylation is 1. The van der Waals surface area contributed by atoms with Crippen LogP contribution in [0.1, 0.15) is 35.3 Å². The number of carbonyl (C=O) groups excluding carboxylic acids is 1. The third-order valence-electron chi connectivity index (χ3n) is 6.00. The number of anilines is 2. The number of nitrogens with zero attached hydrogens (tertiary/aromatic N) is 5. The van der Waals surface area contributed by atoms with Crippen LogP contribution in [0.15, 0.2) is 35.7 Å². The predicted molar refractivity (Wildman–Crippen MR) is 123 cm³/mol. The van der Waals surface area contributed by atoms with E-state index in [1.807, 2.05) is 42.2 Å². The molecule has 0 spiro atoms. The Kier molecular flexibility index (Phi) is 5.29. The van der Waals surface area contributed by atoms with Crippen molar-refractivity contribution in [3.8, 4) is 0 Å². The Bertz CT molecular complexity index is 1060. The van der Waals surface area contributed by atoms with E-state index in [4.69, 9.17) is 4.98 Å². The summed E-state index contributed by atoms with van der Waals surface area (Å²) in [6.45, 7) is 7.21. The largest absolute Gasteiger partial charge is 0.356 e. The fourth-order valence-electron chi connectivity index (χ4n) is 4.40. The number of para-hydroxylation sites is 1. The van der Waals surface area contributed by atoms with Crippen molar-refractivity contribution in [2.45, 2.75) is 26.2 Å². The third-order valence-corrected chi connectivity index (χ3v) is 7.02. The molecule has 2 fully saturated rings. The van der Waals surface area contributed by atoms with Crippen molar-refractivity contribution < 1.29 is 4.79 Å². The van der Waals surface area contributed by atoms with Gasteiger partial charge in [0.15, 0.2) is 5.13 Å². The molecule has 0 N–H and O–H groups in total. The second kappa shape index (κ2) is 8.22. The van der Waals surface area contributed by atoms with Crippen LogP contribution in [-0.2, 0) is 0 Å². The number of fused-ring (bicyclic) bond motifs is 1. The summed E-state index contributed by atoms with van der Waals surface area (Å²) in [7, 11) is 0. The highest BCUT2D eigenvalue weighted by atomic mass is 32.1. The van der Waals surface area contributed by atoms with Gasteiger partial charge < -0.3 is 14.7 Å². The van der Waals surface area contributed by atoms with Crippen LogP contribution in [-0.4, -0.2) is 60.0 Å². The molecule has 156 valence electrons. The smallest absolute Gasteiger partial charge is 0.257 e. The summed E-state index contributed by atoms with van der Waals surface area (Å²) >= 11 is 1.69. The lowest BCUT2D eigenvalue weighted by Gasteiger charge is -2.25. The molecule has 2 aliphatic heterocycles. The summed E-state index contributed by atoms with van der Waals surface area (Å²) in [6, 6.07) is 10.1. The predicted octanol–water partition coefficient (Wildman–Crippen LogP) is 3.95. The Labute approximate surface area is 181 Å². The molecule has 7 heteroatoms. The van der Waals surface area contributed by atoms with Crippen molar-refractivity contribution in [3.05, 3.63) is 47.0 Å².